The number of H-pyrrole nitrogens is 2. The molecule has 0 bridgehead atoms. The maximum atomic E-state index is 12.6. The van der Waals surface area contributed by atoms with Gasteiger partial charge in [-0.1, -0.05) is 0 Å². The summed E-state index contributed by atoms with van der Waals surface area (Å²) in [5.41, 5.74) is 2.66. The van der Waals surface area contributed by atoms with Gasteiger partial charge in [0, 0.05) is 33.3 Å². The number of rotatable bonds is 2. The van der Waals surface area contributed by atoms with E-state index in [-0.39, 0.29) is 11.1 Å². The highest BCUT2D eigenvalue weighted by atomic mass is 32.1. The Labute approximate surface area is 137 Å². The monoisotopic (exact) mass is 330 g/mol. The van der Waals surface area contributed by atoms with Gasteiger partial charge in [-0.3, -0.25) is 14.8 Å². The van der Waals surface area contributed by atoms with E-state index in [1.807, 2.05) is 20.3 Å². The number of aromatic nitrogens is 3. The molecule has 7 heteroatoms. The lowest BCUT2D eigenvalue weighted by Gasteiger charge is -2.40. The molecule has 1 aliphatic rings. The van der Waals surface area contributed by atoms with E-state index in [0.717, 1.165) is 31.8 Å². The van der Waals surface area contributed by atoms with Gasteiger partial charge >= 0.3 is 0 Å². The first-order chi connectivity index (χ1) is 11.0. The first-order valence-electron chi connectivity index (χ1n) is 7.44. The van der Waals surface area contributed by atoms with Crippen molar-refractivity contribution in [1.29, 1.82) is 0 Å². The van der Waals surface area contributed by atoms with E-state index in [1.54, 1.807) is 6.20 Å². The Morgan fingerprint density at radius 3 is 2.96 bits per heavy atom. The lowest BCUT2D eigenvalue weighted by molar-refractivity contribution is -0.00617. The Kier molecular flexibility index (Phi) is 3.19. The molecule has 23 heavy (non-hydrogen) atoms. The Bertz CT molecular complexity index is 926. The normalized spacial score (nSPS) is 21.0. The van der Waals surface area contributed by atoms with Crippen molar-refractivity contribution in [3.05, 3.63) is 40.1 Å². The Balaban J connectivity index is 2.01. The average Bonchev–Trinajstić information content (AvgIpc) is 3.17. The molecule has 0 aromatic carbocycles. The summed E-state index contributed by atoms with van der Waals surface area (Å²) < 4.78 is 6.59. The molecule has 0 fully saturated rings. The predicted molar refractivity (Wildman–Crippen MR) is 90.7 cm³/mol. The molecule has 0 saturated heterocycles. The van der Waals surface area contributed by atoms with Gasteiger partial charge in [0.25, 0.3) is 5.56 Å². The van der Waals surface area contributed by atoms with E-state index < -0.39 is 0 Å². The molecule has 4 heterocycles. The molecule has 0 amide bonds. The van der Waals surface area contributed by atoms with E-state index in [0.29, 0.717) is 13.2 Å². The van der Waals surface area contributed by atoms with Gasteiger partial charge in [0.1, 0.15) is 4.70 Å². The van der Waals surface area contributed by atoms with E-state index in [9.17, 15) is 4.79 Å². The third-order valence-corrected chi connectivity index (χ3v) is 5.92. The summed E-state index contributed by atoms with van der Waals surface area (Å²) >= 11 is 1.49. The third kappa shape index (κ3) is 2.08. The van der Waals surface area contributed by atoms with Gasteiger partial charge in [0.15, 0.2) is 0 Å². The van der Waals surface area contributed by atoms with Crippen LogP contribution in [0.2, 0.25) is 0 Å². The van der Waals surface area contributed by atoms with Gasteiger partial charge in [-0.25, -0.2) is 0 Å². The summed E-state index contributed by atoms with van der Waals surface area (Å²) in [6.07, 6.45) is 3.61. The molecule has 6 nitrogen and oxygen atoms in total. The van der Waals surface area contributed by atoms with E-state index in [1.165, 1.54) is 11.3 Å². The second-order valence-corrected chi connectivity index (χ2v) is 7.36. The van der Waals surface area contributed by atoms with Crippen molar-refractivity contribution in [1.82, 2.24) is 20.1 Å². The second-order valence-electron chi connectivity index (χ2n) is 6.31. The minimum Gasteiger partial charge on any atom is -0.374 e. The summed E-state index contributed by atoms with van der Waals surface area (Å²) in [7, 11) is 4.01. The van der Waals surface area contributed by atoms with Crippen molar-refractivity contribution in [2.24, 2.45) is 0 Å². The molecule has 3 aromatic heterocycles. The molecule has 0 spiro atoms. The van der Waals surface area contributed by atoms with Crippen LogP contribution in [0.15, 0.2) is 23.3 Å². The van der Waals surface area contributed by atoms with Crippen molar-refractivity contribution < 1.29 is 4.74 Å². The molecule has 0 unspecified atom stereocenters. The summed E-state index contributed by atoms with van der Waals surface area (Å²) in [5, 5.41) is 7.79. The number of ether oxygens (including phenoxy) is 1. The molecule has 2 N–H and O–H groups in total. The number of nitrogens with zero attached hydrogens (tertiary/aromatic N) is 2. The van der Waals surface area contributed by atoms with Crippen LogP contribution in [-0.2, 0) is 16.9 Å². The molecular formula is C16H18N4O2S. The number of hydrogen-bond acceptors (Lipinski definition) is 5. The van der Waals surface area contributed by atoms with Crippen LogP contribution in [0.1, 0.15) is 18.2 Å². The summed E-state index contributed by atoms with van der Waals surface area (Å²) in [6, 6.07) is 2.07. The van der Waals surface area contributed by atoms with Crippen molar-refractivity contribution in [3.8, 4) is 10.4 Å². The molecule has 120 valence electrons. The number of pyridine rings is 1. The smallest absolute Gasteiger partial charge is 0.266 e. The number of likely N-dealkylation sites (N-methyl/N-ethyl adjacent to an activating group) is 1. The lowest BCUT2D eigenvalue weighted by Crippen LogP contribution is -2.47. The maximum absolute atomic E-state index is 12.6. The third-order valence-electron chi connectivity index (χ3n) is 4.74. The quantitative estimate of drug-likeness (QED) is 0.756. The number of aromatic amines is 2. The van der Waals surface area contributed by atoms with Crippen LogP contribution in [0.25, 0.3) is 20.5 Å². The topological polar surface area (TPSA) is 74.0 Å². The summed E-state index contributed by atoms with van der Waals surface area (Å²) in [6.45, 7) is 3.18. The molecule has 3 aromatic rings. The van der Waals surface area contributed by atoms with Gasteiger partial charge in [-0.15, -0.1) is 11.3 Å². The fraction of sp³-hybridized carbons (Fsp3) is 0.375. The predicted octanol–water partition coefficient (Wildman–Crippen LogP) is 2.29. The van der Waals surface area contributed by atoms with Crippen molar-refractivity contribution >= 4 is 21.4 Å². The second kappa shape index (κ2) is 5.02. The molecule has 0 saturated carbocycles. The van der Waals surface area contributed by atoms with Crippen LogP contribution >= 0.6 is 11.3 Å². The highest BCUT2D eigenvalue weighted by Gasteiger charge is 2.37. The number of fused-ring (bicyclic) bond motifs is 3. The van der Waals surface area contributed by atoms with Crippen LogP contribution in [0.5, 0.6) is 0 Å². The van der Waals surface area contributed by atoms with Gasteiger partial charge in [-0.2, -0.15) is 5.10 Å². The highest BCUT2D eigenvalue weighted by Crippen LogP contribution is 2.39. The number of nitrogens with one attached hydrogen (secondary N) is 2. The molecule has 4 rings (SSSR count). The van der Waals surface area contributed by atoms with Gasteiger partial charge in [0.2, 0.25) is 0 Å². The Hall–Kier alpha value is -1.96. The fourth-order valence-corrected chi connectivity index (χ4v) is 4.14. The van der Waals surface area contributed by atoms with E-state index in [4.69, 9.17) is 4.74 Å². The van der Waals surface area contributed by atoms with Crippen molar-refractivity contribution in [2.45, 2.75) is 19.1 Å². The van der Waals surface area contributed by atoms with Crippen molar-refractivity contribution in [2.75, 3.05) is 20.7 Å². The maximum Gasteiger partial charge on any atom is 0.266 e. The minimum atomic E-state index is -0.335. The zero-order chi connectivity index (χ0) is 16.2. The first kappa shape index (κ1) is 14.6. The Morgan fingerprint density at radius 1 is 1.43 bits per heavy atom. The largest absolute Gasteiger partial charge is 0.374 e. The fourth-order valence-electron chi connectivity index (χ4n) is 3.08. The average molecular weight is 330 g/mol. The zero-order valence-electron chi connectivity index (χ0n) is 13.3. The minimum absolute atomic E-state index is 0.0338. The summed E-state index contributed by atoms with van der Waals surface area (Å²) in [4.78, 5) is 18.9. The number of hydrogen-bond donors (Lipinski definition) is 2. The standard InChI is InChI=1S/C16H18N4O2S/c1-16(20(2)3)8-22-7-11-10-4-12(9-5-17-18-6-9)23-13(10)15(21)19-14(11)16/h4-6H,7-8H2,1-3H3,(H,17,18)(H,19,21)/t16-/m0/s1. The molecule has 1 atom stereocenters. The first-order valence-corrected chi connectivity index (χ1v) is 8.26. The highest BCUT2D eigenvalue weighted by molar-refractivity contribution is 7.22. The molecule has 0 radical (unpaired) electrons. The van der Waals surface area contributed by atoms with Gasteiger partial charge in [0.05, 0.1) is 24.9 Å². The van der Waals surface area contributed by atoms with Crippen LogP contribution in [0.4, 0.5) is 0 Å². The zero-order valence-corrected chi connectivity index (χ0v) is 14.1. The van der Waals surface area contributed by atoms with Gasteiger partial charge < -0.3 is 9.72 Å². The molecule has 0 aliphatic carbocycles. The van der Waals surface area contributed by atoms with Crippen LogP contribution in [0.3, 0.4) is 0 Å². The Morgan fingerprint density at radius 2 is 2.26 bits per heavy atom. The van der Waals surface area contributed by atoms with Crippen LogP contribution < -0.4 is 5.56 Å². The molecule has 1 aliphatic heterocycles. The van der Waals surface area contributed by atoms with Crippen LogP contribution in [0, 0.1) is 0 Å². The molecular weight excluding hydrogens is 312 g/mol. The number of thiophene rings is 1. The lowest BCUT2D eigenvalue weighted by atomic mass is 9.89. The summed E-state index contributed by atoms with van der Waals surface area (Å²) in [5.74, 6) is 0. The van der Waals surface area contributed by atoms with Gasteiger partial charge in [-0.05, 0) is 27.1 Å². The SMILES string of the molecule is CN(C)[C@@]1(C)COCc2c1[nH]c(=O)c1sc(-c3cn[nH]c3)cc21. The van der Waals surface area contributed by atoms with E-state index in [2.05, 4.69) is 33.1 Å². The van der Waals surface area contributed by atoms with E-state index >= 15 is 0 Å². The van der Waals surface area contributed by atoms with Crippen LogP contribution in [-0.4, -0.2) is 40.8 Å². The van der Waals surface area contributed by atoms with Crippen molar-refractivity contribution in [3.63, 3.8) is 0 Å².